The Kier molecular flexibility index (Phi) is 4.48. The van der Waals surface area contributed by atoms with Crippen molar-refractivity contribution < 1.29 is 8.42 Å². The molecule has 148 valence electrons. The van der Waals surface area contributed by atoms with Crippen LogP contribution < -0.4 is 14.5 Å². The van der Waals surface area contributed by atoms with E-state index in [4.69, 9.17) is 23.2 Å². The van der Waals surface area contributed by atoms with Gasteiger partial charge in [0.05, 0.1) is 11.4 Å². The molecule has 0 atom stereocenters. The van der Waals surface area contributed by atoms with Gasteiger partial charge in [0.2, 0.25) is 0 Å². The fourth-order valence-electron chi connectivity index (χ4n) is 3.95. The van der Waals surface area contributed by atoms with Gasteiger partial charge in [0.1, 0.15) is 11.0 Å². The molecule has 2 aliphatic heterocycles. The second-order valence-corrected chi connectivity index (χ2v) is 10.6. The fourth-order valence-corrected chi connectivity index (χ4v) is 7.09. The first kappa shape index (κ1) is 18.5. The van der Waals surface area contributed by atoms with E-state index in [-0.39, 0.29) is 16.8 Å². The van der Waals surface area contributed by atoms with E-state index in [1.54, 1.807) is 6.20 Å². The van der Waals surface area contributed by atoms with Gasteiger partial charge >= 0.3 is 0 Å². The highest BCUT2D eigenvalue weighted by Crippen LogP contribution is 2.42. The highest BCUT2D eigenvalue weighted by atomic mass is 35.5. The molecule has 0 aliphatic carbocycles. The molecule has 4 heterocycles. The Morgan fingerprint density at radius 1 is 1.14 bits per heavy atom. The van der Waals surface area contributed by atoms with Gasteiger partial charge in [-0.25, -0.2) is 9.29 Å². The van der Waals surface area contributed by atoms with Crippen LogP contribution in [0, 0.1) is 0 Å². The molecule has 1 saturated heterocycles. The average molecular weight is 458 g/mol. The highest BCUT2D eigenvalue weighted by Gasteiger charge is 2.40. The Bertz CT molecular complexity index is 1150. The van der Waals surface area contributed by atoms with Crippen LogP contribution in [-0.2, 0) is 10.0 Å². The second-order valence-electron chi connectivity index (χ2n) is 6.83. The van der Waals surface area contributed by atoms with Gasteiger partial charge in [-0.3, -0.25) is 4.40 Å². The number of rotatable bonds is 3. The first-order valence-electron chi connectivity index (χ1n) is 8.89. The lowest BCUT2D eigenvalue weighted by Crippen LogP contribution is -2.45. The first-order valence-corrected chi connectivity index (χ1v) is 11.9. The number of nitrogens with one attached hydrogen (secondary N) is 1. The Hall–Kier alpha value is -1.52. The van der Waals surface area contributed by atoms with Crippen molar-refractivity contribution in [3.8, 4) is 0 Å². The molecule has 28 heavy (non-hydrogen) atoms. The number of nitrogens with zero attached hydrogens (tertiary/aromatic N) is 4. The molecule has 0 unspecified atom stereocenters. The van der Waals surface area contributed by atoms with Gasteiger partial charge in [0.25, 0.3) is 10.0 Å². The SMILES string of the molecule is O=S(=O)(c1c(Cl)nc2sc(Cl)cn12)N1CN(C2CCNCC2)c2ccccc21. The minimum absolute atomic E-state index is 0.0410. The molecule has 0 bridgehead atoms. The minimum atomic E-state index is -3.93. The van der Waals surface area contributed by atoms with Crippen LogP contribution in [0.4, 0.5) is 11.4 Å². The predicted molar refractivity (Wildman–Crippen MR) is 112 cm³/mol. The lowest BCUT2D eigenvalue weighted by atomic mass is 10.0. The third-order valence-corrected chi connectivity index (χ3v) is 8.49. The largest absolute Gasteiger partial charge is 0.348 e. The normalized spacial score (nSPS) is 18.2. The third kappa shape index (κ3) is 2.80. The average Bonchev–Trinajstić information content (AvgIpc) is 3.32. The molecular weight excluding hydrogens is 441 g/mol. The van der Waals surface area contributed by atoms with Gasteiger partial charge in [-0.05, 0) is 38.1 Å². The second kappa shape index (κ2) is 6.77. The summed E-state index contributed by atoms with van der Waals surface area (Å²) in [5.74, 6) is 0. The number of thiazole rings is 1. The summed E-state index contributed by atoms with van der Waals surface area (Å²) in [6.07, 6.45) is 3.49. The molecule has 0 amide bonds. The minimum Gasteiger partial charge on any atom is -0.348 e. The molecule has 1 fully saturated rings. The molecule has 2 aliphatic rings. The number of anilines is 2. The van der Waals surface area contributed by atoms with Gasteiger partial charge in [-0.2, -0.15) is 8.42 Å². The zero-order chi connectivity index (χ0) is 19.5. The molecule has 1 N–H and O–H groups in total. The van der Waals surface area contributed by atoms with Crippen molar-refractivity contribution in [1.82, 2.24) is 14.7 Å². The van der Waals surface area contributed by atoms with E-state index in [1.807, 2.05) is 24.3 Å². The van der Waals surface area contributed by atoms with Crippen LogP contribution in [0.1, 0.15) is 12.8 Å². The molecule has 3 aromatic rings. The van der Waals surface area contributed by atoms with Crippen molar-refractivity contribution in [1.29, 1.82) is 0 Å². The summed E-state index contributed by atoms with van der Waals surface area (Å²) in [5.41, 5.74) is 1.59. The number of halogens is 2. The summed E-state index contributed by atoms with van der Waals surface area (Å²) in [7, 11) is -3.93. The van der Waals surface area contributed by atoms with Crippen LogP contribution in [0.25, 0.3) is 4.96 Å². The van der Waals surface area contributed by atoms with Crippen molar-refractivity contribution >= 4 is 60.9 Å². The summed E-state index contributed by atoms with van der Waals surface area (Å²) in [6.45, 7) is 2.12. The van der Waals surface area contributed by atoms with Crippen LogP contribution in [-0.4, -0.2) is 43.6 Å². The van der Waals surface area contributed by atoms with E-state index >= 15 is 0 Å². The van der Waals surface area contributed by atoms with Gasteiger partial charge in [0.15, 0.2) is 15.1 Å². The van der Waals surface area contributed by atoms with Crippen molar-refractivity contribution in [2.24, 2.45) is 0 Å². The zero-order valence-corrected chi connectivity index (χ0v) is 17.8. The summed E-state index contributed by atoms with van der Waals surface area (Å²) in [5, 5.41) is 3.27. The van der Waals surface area contributed by atoms with Crippen molar-refractivity contribution in [2.45, 2.75) is 23.9 Å². The number of aromatic nitrogens is 2. The van der Waals surface area contributed by atoms with Crippen LogP contribution in [0.3, 0.4) is 0 Å². The third-order valence-electron chi connectivity index (χ3n) is 5.24. The first-order chi connectivity index (χ1) is 13.5. The molecule has 0 radical (unpaired) electrons. The Labute approximate surface area is 176 Å². The number of piperidine rings is 1. The number of benzene rings is 1. The molecular formula is C17H17Cl2N5O2S2. The molecule has 0 spiro atoms. The van der Waals surface area contributed by atoms with Gasteiger partial charge in [-0.15, -0.1) is 0 Å². The van der Waals surface area contributed by atoms with Gasteiger partial charge < -0.3 is 10.2 Å². The standard InChI is InChI=1S/C17H17Cl2N5O2S2/c18-14-9-22-16(15(19)21-17(22)27-14)28(25,26)24-10-23(11-5-7-20-8-6-11)12-3-1-2-4-13(12)24/h1-4,9,11,20H,5-8,10H2. The maximum absolute atomic E-state index is 13.6. The highest BCUT2D eigenvalue weighted by molar-refractivity contribution is 7.93. The predicted octanol–water partition coefficient (Wildman–Crippen LogP) is 3.43. The molecule has 7 nitrogen and oxygen atoms in total. The number of fused-ring (bicyclic) bond motifs is 2. The van der Waals surface area contributed by atoms with Crippen LogP contribution in [0.15, 0.2) is 35.5 Å². The Morgan fingerprint density at radius 3 is 2.61 bits per heavy atom. The fraction of sp³-hybridized carbons (Fsp3) is 0.353. The van der Waals surface area contributed by atoms with Crippen molar-refractivity contribution in [3.05, 3.63) is 40.0 Å². The van der Waals surface area contributed by atoms with E-state index in [0.29, 0.717) is 21.0 Å². The molecule has 5 rings (SSSR count). The summed E-state index contributed by atoms with van der Waals surface area (Å²) in [6, 6.07) is 7.88. The number of sulfonamides is 1. The molecule has 1 aromatic carbocycles. The smallest absolute Gasteiger partial charge is 0.285 e. The van der Waals surface area contributed by atoms with E-state index in [0.717, 1.165) is 31.6 Å². The Balaban J connectivity index is 1.61. The molecule has 2 aromatic heterocycles. The lowest BCUT2D eigenvalue weighted by molar-refractivity contribution is 0.436. The topological polar surface area (TPSA) is 70.0 Å². The van der Waals surface area contributed by atoms with Crippen LogP contribution in [0.2, 0.25) is 9.49 Å². The van der Waals surface area contributed by atoms with Gasteiger partial charge in [-0.1, -0.05) is 46.7 Å². The maximum Gasteiger partial charge on any atom is 0.285 e. The summed E-state index contributed by atoms with van der Waals surface area (Å²) >= 11 is 13.5. The molecule has 0 saturated carbocycles. The Morgan fingerprint density at radius 2 is 1.86 bits per heavy atom. The zero-order valence-electron chi connectivity index (χ0n) is 14.7. The summed E-state index contributed by atoms with van der Waals surface area (Å²) in [4.78, 5) is 6.81. The lowest BCUT2D eigenvalue weighted by Gasteiger charge is -2.33. The number of hydrogen-bond acceptors (Lipinski definition) is 6. The maximum atomic E-state index is 13.6. The molecule has 11 heteroatoms. The van der Waals surface area contributed by atoms with E-state index < -0.39 is 10.0 Å². The van der Waals surface area contributed by atoms with Crippen molar-refractivity contribution in [3.63, 3.8) is 0 Å². The van der Waals surface area contributed by atoms with Crippen LogP contribution >= 0.6 is 34.5 Å². The monoisotopic (exact) mass is 457 g/mol. The van der Waals surface area contributed by atoms with E-state index in [2.05, 4.69) is 15.2 Å². The summed E-state index contributed by atoms with van der Waals surface area (Å²) < 4.78 is 30.6. The quantitative estimate of drug-likeness (QED) is 0.652. The number of imidazole rings is 1. The van der Waals surface area contributed by atoms with Crippen LogP contribution in [0.5, 0.6) is 0 Å². The van der Waals surface area contributed by atoms with E-state index in [1.165, 1.54) is 20.0 Å². The number of hydrogen-bond donors (Lipinski definition) is 1. The van der Waals surface area contributed by atoms with E-state index in [9.17, 15) is 8.42 Å². The van der Waals surface area contributed by atoms with Gasteiger partial charge in [0, 0.05) is 12.2 Å². The number of para-hydroxylation sites is 2. The van der Waals surface area contributed by atoms with Crippen molar-refractivity contribution in [2.75, 3.05) is 29.0 Å².